The van der Waals surface area contributed by atoms with Crippen LogP contribution < -0.4 is 5.32 Å². The Kier molecular flexibility index (Phi) is 4.53. The maximum Gasteiger partial charge on any atom is 0.335 e. The second-order valence-corrected chi connectivity index (χ2v) is 5.80. The van der Waals surface area contributed by atoms with Gasteiger partial charge in [-0.2, -0.15) is 0 Å². The van der Waals surface area contributed by atoms with Crippen molar-refractivity contribution in [1.29, 1.82) is 0 Å². The Labute approximate surface area is 143 Å². The molecule has 6 heteroatoms. The molecule has 0 aliphatic heterocycles. The van der Waals surface area contributed by atoms with E-state index in [-0.39, 0.29) is 18.0 Å². The molecular weight excluding hydrogens is 328 g/mol. The number of nitrogens with one attached hydrogen (secondary N) is 1. The SMILES string of the molecule is O=C(Cn1ccc2c(Cl)cccc21)NCc1ccc(C(=O)O)cc1. The number of carboxylic acid groups (broad SMARTS) is 1. The van der Waals surface area contributed by atoms with Crippen LogP contribution in [0.5, 0.6) is 0 Å². The number of nitrogens with zero attached hydrogens (tertiary/aromatic N) is 1. The van der Waals surface area contributed by atoms with Crippen molar-refractivity contribution < 1.29 is 14.7 Å². The van der Waals surface area contributed by atoms with Crippen molar-refractivity contribution in [2.75, 3.05) is 0 Å². The van der Waals surface area contributed by atoms with E-state index in [2.05, 4.69) is 5.32 Å². The number of carbonyl (C=O) groups excluding carboxylic acids is 1. The topological polar surface area (TPSA) is 71.3 Å². The Bertz CT molecular complexity index is 900. The van der Waals surface area contributed by atoms with Gasteiger partial charge in [-0.3, -0.25) is 4.79 Å². The second-order valence-electron chi connectivity index (χ2n) is 5.40. The number of aromatic nitrogens is 1. The highest BCUT2D eigenvalue weighted by molar-refractivity contribution is 6.35. The van der Waals surface area contributed by atoms with Crippen LogP contribution in [0.3, 0.4) is 0 Å². The summed E-state index contributed by atoms with van der Waals surface area (Å²) in [6, 6.07) is 13.9. The fourth-order valence-electron chi connectivity index (χ4n) is 2.50. The Morgan fingerprint density at radius 3 is 2.54 bits per heavy atom. The van der Waals surface area contributed by atoms with E-state index in [1.807, 2.05) is 35.0 Å². The van der Waals surface area contributed by atoms with Crippen LogP contribution in [0.1, 0.15) is 15.9 Å². The van der Waals surface area contributed by atoms with E-state index in [4.69, 9.17) is 16.7 Å². The molecule has 122 valence electrons. The first-order valence-corrected chi connectivity index (χ1v) is 7.74. The minimum atomic E-state index is -0.969. The van der Waals surface area contributed by atoms with Crippen molar-refractivity contribution in [3.8, 4) is 0 Å². The molecule has 0 aliphatic rings. The van der Waals surface area contributed by atoms with Crippen molar-refractivity contribution in [2.45, 2.75) is 13.1 Å². The molecule has 2 N–H and O–H groups in total. The average Bonchev–Trinajstić information content (AvgIpc) is 2.98. The molecular formula is C18H15ClN2O3. The number of carbonyl (C=O) groups is 2. The van der Waals surface area contributed by atoms with Crippen LogP contribution in [0.25, 0.3) is 10.9 Å². The zero-order valence-corrected chi connectivity index (χ0v) is 13.5. The monoisotopic (exact) mass is 342 g/mol. The number of amides is 1. The smallest absolute Gasteiger partial charge is 0.335 e. The van der Waals surface area contributed by atoms with Gasteiger partial charge >= 0.3 is 5.97 Å². The number of hydrogen-bond acceptors (Lipinski definition) is 2. The average molecular weight is 343 g/mol. The van der Waals surface area contributed by atoms with E-state index in [0.29, 0.717) is 11.6 Å². The number of carboxylic acids is 1. The lowest BCUT2D eigenvalue weighted by atomic mass is 10.1. The zero-order chi connectivity index (χ0) is 17.1. The van der Waals surface area contributed by atoms with E-state index in [1.165, 1.54) is 12.1 Å². The molecule has 5 nitrogen and oxygen atoms in total. The fraction of sp³-hybridized carbons (Fsp3) is 0.111. The minimum absolute atomic E-state index is 0.130. The van der Waals surface area contributed by atoms with Crippen LogP contribution >= 0.6 is 11.6 Å². The third kappa shape index (κ3) is 3.41. The van der Waals surface area contributed by atoms with Crippen molar-refractivity contribution in [1.82, 2.24) is 9.88 Å². The van der Waals surface area contributed by atoms with Gasteiger partial charge in [-0.25, -0.2) is 4.79 Å². The molecule has 3 aromatic rings. The summed E-state index contributed by atoms with van der Waals surface area (Å²) in [6.45, 7) is 0.537. The van der Waals surface area contributed by atoms with E-state index in [1.54, 1.807) is 12.1 Å². The number of rotatable bonds is 5. The Morgan fingerprint density at radius 1 is 1.08 bits per heavy atom. The number of fused-ring (bicyclic) bond motifs is 1. The first-order valence-electron chi connectivity index (χ1n) is 7.37. The summed E-state index contributed by atoms with van der Waals surface area (Å²) >= 11 is 6.13. The van der Waals surface area contributed by atoms with E-state index in [9.17, 15) is 9.59 Å². The molecule has 1 aromatic heterocycles. The highest BCUT2D eigenvalue weighted by atomic mass is 35.5. The number of aromatic carboxylic acids is 1. The van der Waals surface area contributed by atoms with E-state index >= 15 is 0 Å². The highest BCUT2D eigenvalue weighted by Crippen LogP contribution is 2.24. The fourth-order valence-corrected chi connectivity index (χ4v) is 2.73. The highest BCUT2D eigenvalue weighted by Gasteiger charge is 2.08. The van der Waals surface area contributed by atoms with Crippen molar-refractivity contribution in [3.05, 3.63) is 70.9 Å². The Balaban J connectivity index is 1.63. The van der Waals surface area contributed by atoms with Gasteiger partial charge in [-0.1, -0.05) is 29.8 Å². The number of halogens is 1. The van der Waals surface area contributed by atoms with Gasteiger partial charge in [0.05, 0.1) is 5.56 Å². The molecule has 2 aromatic carbocycles. The minimum Gasteiger partial charge on any atom is -0.478 e. The van der Waals surface area contributed by atoms with Crippen LogP contribution in [-0.4, -0.2) is 21.6 Å². The van der Waals surface area contributed by atoms with Crippen molar-refractivity contribution >= 4 is 34.4 Å². The normalized spacial score (nSPS) is 10.7. The van der Waals surface area contributed by atoms with Crippen molar-refractivity contribution in [3.63, 3.8) is 0 Å². The third-order valence-corrected chi connectivity index (χ3v) is 4.09. The molecule has 0 spiro atoms. The molecule has 0 saturated carbocycles. The van der Waals surface area contributed by atoms with Gasteiger partial charge in [-0.05, 0) is 35.9 Å². The Morgan fingerprint density at radius 2 is 1.83 bits per heavy atom. The predicted molar refractivity (Wildman–Crippen MR) is 92.2 cm³/mol. The molecule has 0 atom stereocenters. The second kappa shape index (κ2) is 6.76. The van der Waals surface area contributed by atoms with Crippen molar-refractivity contribution in [2.24, 2.45) is 0 Å². The molecule has 24 heavy (non-hydrogen) atoms. The van der Waals surface area contributed by atoms with Crippen LogP contribution in [-0.2, 0) is 17.9 Å². The first-order chi connectivity index (χ1) is 11.5. The predicted octanol–water partition coefficient (Wildman–Crippen LogP) is 3.31. The lowest BCUT2D eigenvalue weighted by molar-refractivity contribution is -0.121. The molecule has 0 aliphatic carbocycles. The third-order valence-electron chi connectivity index (χ3n) is 3.76. The summed E-state index contributed by atoms with van der Waals surface area (Å²) in [7, 11) is 0. The molecule has 0 radical (unpaired) electrons. The van der Waals surface area contributed by atoms with Gasteiger partial charge in [0.2, 0.25) is 5.91 Å². The molecule has 0 unspecified atom stereocenters. The summed E-state index contributed by atoms with van der Waals surface area (Å²) in [6.07, 6.45) is 1.83. The van der Waals surface area contributed by atoms with Gasteiger partial charge in [0.15, 0.2) is 0 Å². The summed E-state index contributed by atoms with van der Waals surface area (Å²) in [5.41, 5.74) is 1.97. The Hall–Kier alpha value is -2.79. The molecule has 0 saturated heterocycles. The van der Waals surface area contributed by atoms with Gasteiger partial charge < -0.3 is 15.0 Å². The lowest BCUT2D eigenvalue weighted by Gasteiger charge is -2.08. The zero-order valence-electron chi connectivity index (χ0n) is 12.7. The molecule has 1 heterocycles. The lowest BCUT2D eigenvalue weighted by Crippen LogP contribution is -2.26. The summed E-state index contributed by atoms with van der Waals surface area (Å²) in [5.74, 6) is -1.10. The first kappa shape index (κ1) is 16.1. The van der Waals surface area contributed by atoms with E-state index in [0.717, 1.165) is 16.5 Å². The summed E-state index contributed by atoms with van der Waals surface area (Å²) < 4.78 is 1.84. The summed E-state index contributed by atoms with van der Waals surface area (Å²) in [4.78, 5) is 22.9. The maximum atomic E-state index is 12.1. The number of hydrogen-bond donors (Lipinski definition) is 2. The molecule has 0 fully saturated rings. The largest absolute Gasteiger partial charge is 0.478 e. The van der Waals surface area contributed by atoms with Gasteiger partial charge in [0.1, 0.15) is 6.54 Å². The van der Waals surface area contributed by atoms with E-state index < -0.39 is 5.97 Å². The molecule has 1 amide bonds. The van der Waals surface area contributed by atoms with Crippen LogP contribution in [0, 0.1) is 0 Å². The summed E-state index contributed by atoms with van der Waals surface area (Å²) in [5, 5.41) is 13.3. The van der Waals surface area contributed by atoms with Gasteiger partial charge in [0, 0.05) is 28.7 Å². The van der Waals surface area contributed by atoms with Crippen LogP contribution in [0.2, 0.25) is 5.02 Å². The van der Waals surface area contributed by atoms with Crippen LogP contribution in [0.15, 0.2) is 54.7 Å². The van der Waals surface area contributed by atoms with Crippen LogP contribution in [0.4, 0.5) is 0 Å². The standard InChI is InChI=1S/C18H15ClN2O3/c19-15-2-1-3-16-14(15)8-9-21(16)11-17(22)20-10-12-4-6-13(7-5-12)18(23)24/h1-9H,10-11H2,(H,20,22)(H,23,24). The molecule has 0 bridgehead atoms. The molecule has 3 rings (SSSR count). The van der Waals surface area contributed by atoms with Gasteiger partial charge in [-0.15, -0.1) is 0 Å². The quantitative estimate of drug-likeness (QED) is 0.747. The maximum absolute atomic E-state index is 12.1. The number of benzene rings is 2. The van der Waals surface area contributed by atoms with Gasteiger partial charge in [0.25, 0.3) is 0 Å².